The summed E-state index contributed by atoms with van der Waals surface area (Å²) in [7, 11) is 0. The molecule has 0 saturated carbocycles. The number of allylic oxidation sites excluding steroid dienone is 6. The van der Waals surface area contributed by atoms with Gasteiger partial charge in [-0.1, -0.05) is 97.6 Å². The maximum Gasteiger partial charge on any atom is 0.143 e. The Balaban J connectivity index is 1.42. The lowest BCUT2D eigenvalue weighted by Gasteiger charge is -2.13. The summed E-state index contributed by atoms with van der Waals surface area (Å²) in [5.41, 5.74) is 8.17. The normalized spacial score (nSPS) is 14.4. The highest BCUT2D eigenvalue weighted by Crippen LogP contribution is 2.40. The molecule has 1 aliphatic carbocycles. The Morgan fingerprint density at radius 1 is 0.767 bits per heavy atom. The molecule has 8 rings (SSSR count). The molecule has 0 spiro atoms. The highest BCUT2D eigenvalue weighted by atomic mass is 16.3. The average molecular weight is 555 g/mol. The van der Waals surface area contributed by atoms with Crippen molar-refractivity contribution in [1.29, 1.82) is 0 Å². The summed E-state index contributed by atoms with van der Waals surface area (Å²) in [5, 5.41) is 6.86. The predicted molar refractivity (Wildman–Crippen MR) is 184 cm³/mol. The van der Waals surface area contributed by atoms with Crippen LogP contribution in [0.3, 0.4) is 0 Å². The highest BCUT2D eigenvalue weighted by Gasteiger charge is 2.18. The summed E-state index contributed by atoms with van der Waals surface area (Å²) in [4.78, 5) is 5.31. The van der Waals surface area contributed by atoms with Crippen LogP contribution in [0.1, 0.15) is 25.3 Å². The minimum atomic E-state index is 0.835. The van der Waals surface area contributed by atoms with Crippen LogP contribution in [0.5, 0.6) is 0 Å². The molecular weight excluding hydrogens is 524 g/mol. The van der Waals surface area contributed by atoms with Crippen LogP contribution in [-0.2, 0) is 0 Å². The van der Waals surface area contributed by atoms with E-state index >= 15 is 0 Å². The van der Waals surface area contributed by atoms with Crippen molar-refractivity contribution >= 4 is 71.6 Å². The second-order valence-electron chi connectivity index (χ2n) is 11.2. The van der Waals surface area contributed by atoms with Gasteiger partial charge in [-0.15, -0.1) is 0 Å². The van der Waals surface area contributed by atoms with Gasteiger partial charge in [0.25, 0.3) is 0 Å². The molecule has 1 aliphatic rings. The van der Waals surface area contributed by atoms with Crippen molar-refractivity contribution < 1.29 is 4.42 Å². The van der Waals surface area contributed by atoms with Crippen LogP contribution in [0, 0.1) is 0 Å². The Labute approximate surface area is 250 Å². The SMILES string of the molecule is C=C(/C=C(\N=C(/C)C1=CCCC=C1)n1c2ccccc2c2cc3c(ccc4c5ccccc5oc34)cc21)c1ccccc1. The summed E-state index contributed by atoms with van der Waals surface area (Å²) in [6.07, 6.45) is 10.9. The maximum absolute atomic E-state index is 6.44. The van der Waals surface area contributed by atoms with E-state index in [1.807, 2.05) is 30.3 Å². The summed E-state index contributed by atoms with van der Waals surface area (Å²) < 4.78 is 8.73. The number of aliphatic imine (C=N–C) groups is 1. The Morgan fingerprint density at radius 3 is 2.40 bits per heavy atom. The Hall–Kier alpha value is -5.41. The van der Waals surface area contributed by atoms with Gasteiger partial charge in [-0.2, -0.15) is 0 Å². The molecule has 0 aliphatic heterocycles. The van der Waals surface area contributed by atoms with Gasteiger partial charge in [0, 0.05) is 32.6 Å². The molecule has 0 saturated heterocycles. The lowest BCUT2D eigenvalue weighted by atomic mass is 10.0. The fourth-order valence-corrected chi connectivity index (χ4v) is 6.37. The first-order valence-corrected chi connectivity index (χ1v) is 14.8. The summed E-state index contributed by atoms with van der Waals surface area (Å²) in [6.45, 7) is 6.56. The van der Waals surface area contributed by atoms with Crippen molar-refractivity contribution in [2.24, 2.45) is 4.99 Å². The fraction of sp³-hybridized carbons (Fsp3) is 0.0750. The Morgan fingerprint density at radius 2 is 1.56 bits per heavy atom. The molecule has 0 bridgehead atoms. The molecule has 0 amide bonds. The number of hydrogen-bond acceptors (Lipinski definition) is 2. The van der Waals surface area contributed by atoms with E-state index in [2.05, 4.69) is 115 Å². The van der Waals surface area contributed by atoms with Crippen molar-refractivity contribution in [3.8, 4) is 0 Å². The van der Waals surface area contributed by atoms with Crippen LogP contribution in [0.4, 0.5) is 0 Å². The van der Waals surface area contributed by atoms with Gasteiger partial charge in [0.2, 0.25) is 0 Å². The third kappa shape index (κ3) is 4.24. The first-order chi connectivity index (χ1) is 21.2. The predicted octanol–water partition coefficient (Wildman–Crippen LogP) is 11.1. The third-order valence-electron chi connectivity index (χ3n) is 8.52. The van der Waals surface area contributed by atoms with Gasteiger partial charge in [0.15, 0.2) is 0 Å². The fourth-order valence-electron chi connectivity index (χ4n) is 6.37. The lowest BCUT2D eigenvalue weighted by molar-refractivity contribution is 0.672. The topological polar surface area (TPSA) is 30.4 Å². The summed E-state index contributed by atoms with van der Waals surface area (Å²) in [5.74, 6) is 0.835. The van der Waals surface area contributed by atoms with E-state index in [4.69, 9.17) is 9.41 Å². The van der Waals surface area contributed by atoms with Crippen molar-refractivity contribution in [3.63, 3.8) is 0 Å². The van der Waals surface area contributed by atoms with Gasteiger partial charge in [-0.05, 0) is 78.3 Å². The maximum atomic E-state index is 6.44. The number of rotatable bonds is 5. The summed E-state index contributed by atoms with van der Waals surface area (Å²) in [6, 6.07) is 36.1. The molecule has 3 heteroatoms. The number of furan rings is 1. The van der Waals surface area contributed by atoms with E-state index in [-0.39, 0.29) is 0 Å². The van der Waals surface area contributed by atoms with Crippen LogP contribution in [-0.4, -0.2) is 10.3 Å². The van der Waals surface area contributed by atoms with E-state index in [9.17, 15) is 0 Å². The smallest absolute Gasteiger partial charge is 0.143 e. The molecule has 206 valence electrons. The molecule has 0 atom stereocenters. The van der Waals surface area contributed by atoms with Gasteiger partial charge >= 0.3 is 0 Å². The van der Waals surface area contributed by atoms with Gasteiger partial charge < -0.3 is 4.42 Å². The minimum absolute atomic E-state index is 0.835. The molecule has 5 aromatic carbocycles. The molecule has 43 heavy (non-hydrogen) atoms. The van der Waals surface area contributed by atoms with Gasteiger partial charge in [0.05, 0.1) is 11.0 Å². The number of para-hydroxylation sites is 2. The average Bonchev–Trinajstić information content (AvgIpc) is 3.60. The van der Waals surface area contributed by atoms with Crippen LogP contribution in [0.25, 0.3) is 65.9 Å². The van der Waals surface area contributed by atoms with E-state index in [0.717, 1.165) is 84.6 Å². The lowest BCUT2D eigenvalue weighted by Crippen LogP contribution is -2.02. The van der Waals surface area contributed by atoms with Crippen LogP contribution < -0.4 is 0 Å². The van der Waals surface area contributed by atoms with Gasteiger partial charge in [0.1, 0.15) is 17.0 Å². The summed E-state index contributed by atoms with van der Waals surface area (Å²) >= 11 is 0. The Bertz CT molecular complexity index is 2360. The quantitative estimate of drug-likeness (QED) is 0.154. The first kappa shape index (κ1) is 25.3. The second kappa shape index (κ2) is 10.1. The largest absolute Gasteiger partial charge is 0.455 e. The van der Waals surface area contributed by atoms with E-state index in [1.54, 1.807) is 0 Å². The monoisotopic (exact) mass is 554 g/mol. The second-order valence-corrected chi connectivity index (χ2v) is 11.2. The zero-order valence-electron chi connectivity index (χ0n) is 24.0. The molecule has 2 heterocycles. The third-order valence-corrected chi connectivity index (χ3v) is 8.52. The zero-order valence-corrected chi connectivity index (χ0v) is 24.0. The molecule has 3 nitrogen and oxygen atoms in total. The standard InChI is InChI=1S/C40H30N2O/c1-26(28-13-5-3-6-14-28)23-39(41-27(2)29-15-7-4-8-16-29)42-36-19-11-9-17-31(36)35-25-34-30(24-37(35)42)21-22-33-32-18-10-12-20-38(32)43-40(33)34/h3,5-7,9-25H,1,4,8H2,2H3/b39-23+,41-27+. The number of aromatic nitrogens is 1. The van der Waals surface area contributed by atoms with Crippen molar-refractivity contribution in [1.82, 2.24) is 4.57 Å². The molecule has 0 N–H and O–H groups in total. The van der Waals surface area contributed by atoms with Crippen molar-refractivity contribution in [2.45, 2.75) is 19.8 Å². The Kier molecular flexibility index (Phi) is 5.97. The van der Waals surface area contributed by atoms with Crippen LogP contribution >= 0.6 is 0 Å². The molecule has 0 radical (unpaired) electrons. The number of benzene rings is 5. The molecule has 7 aromatic rings. The molecule has 0 unspecified atom stereocenters. The minimum Gasteiger partial charge on any atom is -0.455 e. The number of hydrogen-bond donors (Lipinski definition) is 0. The van der Waals surface area contributed by atoms with E-state index in [1.165, 1.54) is 11.0 Å². The molecular formula is C40H30N2O. The number of nitrogens with zero attached hydrogens (tertiary/aromatic N) is 2. The number of fused-ring (bicyclic) bond motifs is 8. The molecule has 2 aromatic heterocycles. The van der Waals surface area contributed by atoms with Crippen molar-refractivity contribution in [2.75, 3.05) is 0 Å². The zero-order chi connectivity index (χ0) is 28.9. The van der Waals surface area contributed by atoms with E-state index < -0.39 is 0 Å². The first-order valence-electron chi connectivity index (χ1n) is 14.8. The van der Waals surface area contributed by atoms with Gasteiger partial charge in [-0.25, -0.2) is 4.99 Å². The molecule has 0 fully saturated rings. The van der Waals surface area contributed by atoms with Gasteiger partial charge in [-0.3, -0.25) is 4.57 Å². The highest BCUT2D eigenvalue weighted by molar-refractivity contribution is 6.21. The van der Waals surface area contributed by atoms with Crippen LogP contribution in [0.15, 0.2) is 149 Å². The van der Waals surface area contributed by atoms with E-state index in [0.29, 0.717) is 0 Å². The van der Waals surface area contributed by atoms with Crippen LogP contribution in [0.2, 0.25) is 0 Å². The van der Waals surface area contributed by atoms with Crippen molar-refractivity contribution in [3.05, 3.63) is 145 Å².